The number of halogens is 4. The molecular formula is C23H20ClF3N2O4S. The van der Waals surface area contributed by atoms with Crippen molar-refractivity contribution in [3.05, 3.63) is 88.4 Å². The van der Waals surface area contributed by atoms with Crippen LogP contribution in [0.5, 0.6) is 5.75 Å². The molecule has 6 nitrogen and oxygen atoms in total. The fourth-order valence-corrected chi connectivity index (χ4v) is 4.54. The van der Waals surface area contributed by atoms with Crippen LogP contribution >= 0.6 is 11.6 Å². The summed E-state index contributed by atoms with van der Waals surface area (Å²) in [5.41, 5.74) is -1.17. The molecule has 3 aromatic carbocycles. The molecule has 11 heteroatoms. The number of alkyl halides is 3. The number of amides is 1. The third-order valence-corrected chi connectivity index (χ3v) is 6.97. The second-order valence-electron chi connectivity index (χ2n) is 7.24. The Morgan fingerprint density at radius 3 is 2.35 bits per heavy atom. The molecule has 0 heterocycles. The van der Waals surface area contributed by atoms with Crippen molar-refractivity contribution in [2.75, 3.05) is 19.5 Å². The van der Waals surface area contributed by atoms with Crippen LogP contribution in [0.2, 0.25) is 5.02 Å². The molecule has 34 heavy (non-hydrogen) atoms. The van der Waals surface area contributed by atoms with Gasteiger partial charge >= 0.3 is 6.18 Å². The molecule has 0 aromatic heterocycles. The van der Waals surface area contributed by atoms with Gasteiger partial charge in [-0.3, -0.25) is 4.79 Å². The van der Waals surface area contributed by atoms with Gasteiger partial charge in [0.25, 0.3) is 5.91 Å². The number of carbonyl (C=O) groups is 1. The van der Waals surface area contributed by atoms with E-state index in [0.29, 0.717) is 11.3 Å². The Balaban J connectivity index is 1.89. The van der Waals surface area contributed by atoms with E-state index < -0.39 is 33.4 Å². The Kier molecular flexibility index (Phi) is 7.54. The zero-order valence-electron chi connectivity index (χ0n) is 18.1. The largest absolute Gasteiger partial charge is 0.496 e. The first-order chi connectivity index (χ1) is 15.9. The van der Waals surface area contributed by atoms with Crippen LogP contribution in [0.25, 0.3) is 0 Å². The number of hydrogen-bond acceptors (Lipinski definition) is 4. The molecule has 0 bridgehead atoms. The van der Waals surface area contributed by atoms with Gasteiger partial charge < -0.3 is 10.1 Å². The third-order valence-electron chi connectivity index (χ3n) is 4.92. The lowest BCUT2D eigenvalue weighted by atomic mass is 10.1. The summed E-state index contributed by atoms with van der Waals surface area (Å²) >= 11 is 5.68. The molecule has 0 aliphatic heterocycles. The molecule has 0 aliphatic carbocycles. The number of nitrogens with zero attached hydrogens (tertiary/aromatic N) is 1. The Hall–Kier alpha value is -3.08. The molecule has 0 spiro atoms. The van der Waals surface area contributed by atoms with Crippen molar-refractivity contribution in [2.24, 2.45) is 0 Å². The number of sulfonamides is 1. The maximum absolute atomic E-state index is 13.4. The van der Waals surface area contributed by atoms with Gasteiger partial charge in [-0.15, -0.1) is 0 Å². The number of rotatable bonds is 7. The minimum absolute atomic E-state index is 0.0179. The fourth-order valence-electron chi connectivity index (χ4n) is 3.20. The van der Waals surface area contributed by atoms with Crippen molar-refractivity contribution in [1.29, 1.82) is 0 Å². The van der Waals surface area contributed by atoms with Crippen molar-refractivity contribution >= 4 is 33.2 Å². The predicted octanol–water partition coefficient (Wildman–Crippen LogP) is 5.44. The molecule has 0 aliphatic rings. The number of ether oxygens (including phenoxy) is 1. The lowest BCUT2D eigenvalue weighted by Gasteiger charge is -2.19. The van der Waals surface area contributed by atoms with Crippen LogP contribution in [0.4, 0.5) is 18.9 Å². The first-order valence-electron chi connectivity index (χ1n) is 9.80. The summed E-state index contributed by atoms with van der Waals surface area (Å²) in [7, 11) is -1.07. The van der Waals surface area contributed by atoms with Crippen molar-refractivity contribution in [3.8, 4) is 5.75 Å². The summed E-state index contributed by atoms with van der Waals surface area (Å²) in [6.45, 7) is -0.143. The number of carbonyl (C=O) groups excluding carboxylic acids is 1. The monoisotopic (exact) mass is 512 g/mol. The molecule has 0 fully saturated rings. The summed E-state index contributed by atoms with van der Waals surface area (Å²) in [4.78, 5) is 12.8. The summed E-state index contributed by atoms with van der Waals surface area (Å²) in [5.74, 6) is -0.501. The maximum Gasteiger partial charge on any atom is 0.418 e. The normalized spacial score (nSPS) is 12.0. The molecule has 1 amide bonds. The van der Waals surface area contributed by atoms with Gasteiger partial charge in [-0.05, 0) is 48.5 Å². The average molecular weight is 513 g/mol. The molecule has 0 saturated heterocycles. The van der Waals surface area contributed by atoms with E-state index >= 15 is 0 Å². The topological polar surface area (TPSA) is 75.7 Å². The Morgan fingerprint density at radius 1 is 1.06 bits per heavy atom. The van der Waals surface area contributed by atoms with Crippen molar-refractivity contribution in [1.82, 2.24) is 4.31 Å². The standard InChI is InChI=1S/C23H20ClF3N2O4S/c1-29(34(31,32)18-6-4-3-5-7-18)14-16-12-15(8-11-21(16)33-2)22(30)28-20-10-9-17(24)13-19(20)23(25,26)27/h3-13H,14H2,1-2H3,(H,28,30). The molecule has 1 N–H and O–H groups in total. The number of anilines is 1. The molecular weight excluding hydrogens is 493 g/mol. The van der Waals surface area contributed by atoms with Gasteiger partial charge in [0.15, 0.2) is 0 Å². The van der Waals surface area contributed by atoms with Crippen LogP contribution in [0.1, 0.15) is 21.5 Å². The molecule has 0 atom stereocenters. The Bertz CT molecular complexity index is 1300. The Morgan fingerprint density at radius 2 is 1.74 bits per heavy atom. The molecule has 180 valence electrons. The maximum atomic E-state index is 13.4. The molecule has 0 radical (unpaired) electrons. The van der Waals surface area contributed by atoms with Crippen LogP contribution in [-0.4, -0.2) is 32.8 Å². The third kappa shape index (κ3) is 5.69. The van der Waals surface area contributed by atoms with Crippen molar-refractivity contribution in [3.63, 3.8) is 0 Å². The second-order valence-corrected chi connectivity index (χ2v) is 9.72. The van der Waals surface area contributed by atoms with Gasteiger partial charge in [0.1, 0.15) is 5.75 Å². The van der Waals surface area contributed by atoms with E-state index in [1.54, 1.807) is 18.2 Å². The van der Waals surface area contributed by atoms with Gasteiger partial charge in [-0.2, -0.15) is 17.5 Å². The van der Waals surface area contributed by atoms with Crippen LogP contribution in [0.3, 0.4) is 0 Å². The van der Waals surface area contributed by atoms with Crippen LogP contribution in [-0.2, 0) is 22.7 Å². The predicted molar refractivity (Wildman–Crippen MR) is 122 cm³/mol. The van der Waals surface area contributed by atoms with Crippen molar-refractivity contribution in [2.45, 2.75) is 17.6 Å². The summed E-state index contributed by atoms with van der Waals surface area (Å²) in [6.07, 6.45) is -4.73. The molecule has 0 unspecified atom stereocenters. The Labute approximate surface area is 200 Å². The van der Waals surface area contributed by atoms with Gasteiger partial charge in [0.2, 0.25) is 10.0 Å². The highest BCUT2D eigenvalue weighted by molar-refractivity contribution is 7.89. The van der Waals surface area contributed by atoms with Crippen LogP contribution < -0.4 is 10.1 Å². The van der Waals surface area contributed by atoms with Gasteiger partial charge in [-0.1, -0.05) is 29.8 Å². The SMILES string of the molecule is COc1ccc(C(=O)Nc2ccc(Cl)cc2C(F)(F)F)cc1CN(C)S(=O)(=O)c1ccccc1. The lowest BCUT2D eigenvalue weighted by molar-refractivity contribution is -0.136. The fraction of sp³-hybridized carbons (Fsp3) is 0.174. The summed E-state index contributed by atoms with van der Waals surface area (Å²) < 4.78 is 72.1. The number of benzene rings is 3. The van der Waals surface area contributed by atoms with Crippen LogP contribution in [0, 0.1) is 0 Å². The number of hydrogen-bond donors (Lipinski definition) is 1. The number of methoxy groups -OCH3 is 1. The summed E-state index contributed by atoms with van der Waals surface area (Å²) in [6, 6.07) is 15.0. The second kappa shape index (κ2) is 10.0. The molecule has 3 aromatic rings. The summed E-state index contributed by atoms with van der Waals surface area (Å²) in [5, 5.41) is 2.12. The van der Waals surface area contributed by atoms with E-state index in [-0.39, 0.29) is 22.0 Å². The van der Waals surface area contributed by atoms with Gasteiger partial charge in [0, 0.05) is 29.7 Å². The average Bonchev–Trinajstić information content (AvgIpc) is 2.80. The smallest absolute Gasteiger partial charge is 0.418 e. The first-order valence-corrected chi connectivity index (χ1v) is 11.6. The highest BCUT2D eigenvalue weighted by atomic mass is 35.5. The highest BCUT2D eigenvalue weighted by Gasteiger charge is 2.34. The first kappa shape index (κ1) is 25.5. The van der Waals surface area contributed by atoms with E-state index in [1.165, 1.54) is 50.6 Å². The molecule has 3 rings (SSSR count). The van der Waals surface area contributed by atoms with E-state index in [9.17, 15) is 26.4 Å². The zero-order chi connectivity index (χ0) is 25.1. The highest BCUT2D eigenvalue weighted by Crippen LogP contribution is 2.36. The number of nitrogens with one attached hydrogen (secondary N) is 1. The van der Waals surface area contributed by atoms with Crippen molar-refractivity contribution < 1.29 is 31.1 Å². The van der Waals surface area contributed by atoms with Crippen LogP contribution in [0.15, 0.2) is 71.6 Å². The minimum Gasteiger partial charge on any atom is -0.496 e. The van der Waals surface area contributed by atoms with E-state index in [4.69, 9.17) is 16.3 Å². The quantitative estimate of drug-likeness (QED) is 0.457. The molecule has 0 saturated carbocycles. The van der Waals surface area contributed by atoms with E-state index in [2.05, 4.69) is 5.32 Å². The minimum atomic E-state index is -4.73. The zero-order valence-corrected chi connectivity index (χ0v) is 19.6. The van der Waals surface area contributed by atoms with Gasteiger partial charge in [0.05, 0.1) is 23.3 Å². The lowest BCUT2D eigenvalue weighted by Crippen LogP contribution is -2.27. The van der Waals surface area contributed by atoms with Gasteiger partial charge in [-0.25, -0.2) is 8.42 Å². The van der Waals surface area contributed by atoms with E-state index in [1.807, 2.05) is 0 Å². The van der Waals surface area contributed by atoms with E-state index in [0.717, 1.165) is 16.4 Å².